The zero-order valence-corrected chi connectivity index (χ0v) is 10.3. The molecule has 7 heteroatoms. The molecule has 0 aromatic heterocycles. The summed E-state index contributed by atoms with van der Waals surface area (Å²) in [4.78, 5) is 11.4. The van der Waals surface area contributed by atoms with Gasteiger partial charge in [-0.3, -0.25) is 9.36 Å². The number of halogens is 1. The molecule has 0 amide bonds. The smallest absolute Gasteiger partial charge is 0.341 e. The van der Waals surface area contributed by atoms with Crippen LogP contribution in [0.2, 0.25) is 0 Å². The molecule has 0 saturated heterocycles. The van der Waals surface area contributed by atoms with Gasteiger partial charge in [-0.25, -0.2) is 4.39 Å². The Morgan fingerprint density at radius 2 is 1.88 bits per heavy atom. The molecule has 0 bridgehead atoms. The molecule has 5 nitrogen and oxygen atoms in total. The van der Waals surface area contributed by atoms with Crippen molar-refractivity contribution >= 4 is 13.6 Å². The van der Waals surface area contributed by atoms with Crippen LogP contribution in [0.3, 0.4) is 0 Å². The predicted octanol–water partition coefficient (Wildman–Crippen LogP) is 2.22. The topological polar surface area (TPSA) is 61.8 Å². The highest BCUT2D eigenvalue weighted by molar-refractivity contribution is 7.54. The van der Waals surface area contributed by atoms with Gasteiger partial charge in [-0.2, -0.15) is 0 Å². The lowest BCUT2D eigenvalue weighted by Crippen LogP contribution is -2.15. The molecule has 0 radical (unpaired) electrons. The minimum Gasteiger partial charge on any atom is -0.423 e. The molecule has 0 spiro atoms. The number of esters is 1. The highest BCUT2D eigenvalue weighted by Crippen LogP contribution is 2.46. The first kappa shape index (κ1) is 13.8. The zero-order chi connectivity index (χ0) is 12.9. The van der Waals surface area contributed by atoms with Crippen LogP contribution in [0.25, 0.3) is 0 Å². The first-order valence-corrected chi connectivity index (χ1v) is 6.39. The number of benzene rings is 1. The van der Waals surface area contributed by atoms with E-state index in [0.29, 0.717) is 0 Å². The highest BCUT2D eigenvalue weighted by atomic mass is 31.2. The second-order valence-electron chi connectivity index (χ2n) is 3.04. The van der Waals surface area contributed by atoms with Crippen molar-refractivity contribution in [3.63, 3.8) is 0 Å². The van der Waals surface area contributed by atoms with Crippen LogP contribution in [-0.2, 0) is 18.4 Å². The number of carbonyl (C=O) groups excluding carboxylic acids is 1. The van der Waals surface area contributed by atoms with Gasteiger partial charge in [0.05, 0.1) is 0 Å². The Labute approximate surface area is 98.0 Å². The van der Waals surface area contributed by atoms with E-state index in [2.05, 4.69) is 9.05 Å². The number of rotatable bonds is 5. The fraction of sp³-hybridized carbons (Fsp3) is 0.300. The van der Waals surface area contributed by atoms with Gasteiger partial charge < -0.3 is 13.8 Å². The molecule has 1 aromatic rings. The fourth-order valence-corrected chi connectivity index (χ4v) is 1.83. The van der Waals surface area contributed by atoms with Crippen LogP contribution >= 0.6 is 7.60 Å². The van der Waals surface area contributed by atoms with Gasteiger partial charge in [0.15, 0.2) is 11.6 Å². The van der Waals surface area contributed by atoms with Crippen LogP contribution in [0.1, 0.15) is 0 Å². The Morgan fingerprint density at radius 3 is 2.41 bits per heavy atom. The van der Waals surface area contributed by atoms with Crippen LogP contribution in [0.5, 0.6) is 5.75 Å². The van der Waals surface area contributed by atoms with Crippen molar-refractivity contribution in [2.45, 2.75) is 0 Å². The molecule has 1 rings (SSSR count). The van der Waals surface area contributed by atoms with Gasteiger partial charge in [-0.1, -0.05) is 12.1 Å². The monoisotopic (exact) mass is 262 g/mol. The van der Waals surface area contributed by atoms with Gasteiger partial charge in [-0.05, 0) is 12.1 Å². The Bertz CT molecular complexity index is 440. The third-order valence-corrected chi connectivity index (χ3v) is 3.70. The van der Waals surface area contributed by atoms with Gasteiger partial charge in [0.1, 0.15) is 6.16 Å². The molecule has 0 N–H and O–H groups in total. The maximum atomic E-state index is 13.1. The molecule has 17 heavy (non-hydrogen) atoms. The normalized spacial score (nSPS) is 11.2. The van der Waals surface area contributed by atoms with E-state index >= 15 is 0 Å². The average molecular weight is 262 g/mol. The van der Waals surface area contributed by atoms with E-state index in [9.17, 15) is 13.8 Å². The fourth-order valence-electron chi connectivity index (χ4n) is 1.04. The van der Waals surface area contributed by atoms with Gasteiger partial charge in [-0.15, -0.1) is 0 Å². The quantitative estimate of drug-likeness (QED) is 0.462. The maximum absolute atomic E-state index is 13.1. The molecular weight excluding hydrogens is 250 g/mol. The largest absolute Gasteiger partial charge is 0.423 e. The van der Waals surface area contributed by atoms with Crippen molar-refractivity contribution in [3.05, 3.63) is 30.1 Å². The molecule has 0 atom stereocenters. The Balaban J connectivity index is 2.68. The zero-order valence-electron chi connectivity index (χ0n) is 9.38. The molecule has 0 fully saturated rings. The number of hydrogen-bond donors (Lipinski definition) is 0. The standard InChI is InChI=1S/C10H12FO5P/c1-14-17(13,15-2)7-10(12)16-9-6-4-3-5-8(9)11/h3-6H,7H2,1-2H3. The van der Waals surface area contributed by atoms with Gasteiger partial charge in [0.25, 0.3) is 0 Å². The van der Waals surface area contributed by atoms with E-state index in [1.807, 2.05) is 0 Å². The van der Waals surface area contributed by atoms with Crippen molar-refractivity contribution in [3.8, 4) is 5.75 Å². The third-order valence-electron chi connectivity index (χ3n) is 1.94. The SMILES string of the molecule is COP(=O)(CC(=O)Oc1ccccc1F)OC. The molecule has 0 aliphatic heterocycles. The number of para-hydroxylation sites is 1. The molecule has 0 unspecified atom stereocenters. The van der Waals surface area contributed by atoms with Crippen LogP contribution in [-0.4, -0.2) is 26.4 Å². The Kier molecular flexibility index (Phi) is 4.81. The Morgan fingerprint density at radius 1 is 1.29 bits per heavy atom. The van der Waals surface area contributed by atoms with Crippen LogP contribution in [0, 0.1) is 5.82 Å². The van der Waals surface area contributed by atoms with Crippen LogP contribution in [0.4, 0.5) is 4.39 Å². The summed E-state index contributed by atoms with van der Waals surface area (Å²) in [5.41, 5.74) is 0. The van der Waals surface area contributed by atoms with E-state index in [-0.39, 0.29) is 5.75 Å². The summed E-state index contributed by atoms with van der Waals surface area (Å²) in [6.45, 7) is 0. The summed E-state index contributed by atoms with van der Waals surface area (Å²) in [5, 5.41) is 0. The first-order valence-electron chi connectivity index (χ1n) is 4.66. The van der Waals surface area contributed by atoms with E-state index in [1.54, 1.807) is 0 Å². The molecule has 0 heterocycles. The summed E-state index contributed by atoms with van der Waals surface area (Å²) in [6, 6.07) is 5.41. The first-order chi connectivity index (χ1) is 8.00. The van der Waals surface area contributed by atoms with Crippen molar-refractivity contribution in [2.75, 3.05) is 20.4 Å². The molecule has 94 valence electrons. The van der Waals surface area contributed by atoms with Gasteiger partial charge in [0.2, 0.25) is 0 Å². The van der Waals surface area contributed by atoms with Crippen molar-refractivity contribution in [1.82, 2.24) is 0 Å². The molecule has 0 saturated carbocycles. The number of carbonyl (C=O) groups is 1. The van der Waals surface area contributed by atoms with Gasteiger partial charge in [0, 0.05) is 14.2 Å². The second-order valence-corrected chi connectivity index (χ2v) is 5.31. The number of hydrogen-bond acceptors (Lipinski definition) is 5. The highest BCUT2D eigenvalue weighted by Gasteiger charge is 2.27. The Hall–Kier alpha value is -1.23. The lowest BCUT2D eigenvalue weighted by Gasteiger charge is -2.12. The number of ether oxygens (including phenoxy) is 1. The average Bonchev–Trinajstić information content (AvgIpc) is 2.32. The molecule has 1 aromatic carbocycles. The minimum absolute atomic E-state index is 0.226. The predicted molar refractivity (Wildman–Crippen MR) is 58.5 cm³/mol. The molecular formula is C10H12FO5P. The lowest BCUT2D eigenvalue weighted by molar-refractivity contribution is -0.132. The summed E-state index contributed by atoms with van der Waals surface area (Å²) in [7, 11) is -1.18. The maximum Gasteiger partial charge on any atom is 0.341 e. The van der Waals surface area contributed by atoms with E-state index in [0.717, 1.165) is 20.3 Å². The summed E-state index contributed by atoms with van der Waals surface area (Å²) in [6.07, 6.45) is -0.575. The second kappa shape index (κ2) is 5.91. The van der Waals surface area contributed by atoms with E-state index < -0.39 is 25.5 Å². The van der Waals surface area contributed by atoms with Gasteiger partial charge >= 0.3 is 13.6 Å². The van der Waals surface area contributed by atoms with Crippen molar-refractivity contribution in [1.29, 1.82) is 0 Å². The lowest BCUT2D eigenvalue weighted by atomic mass is 10.3. The van der Waals surface area contributed by atoms with Crippen LogP contribution < -0.4 is 4.74 Å². The molecule has 0 aliphatic rings. The summed E-state index contributed by atoms with van der Waals surface area (Å²) in [5.74, 6) is -1.79. The van der Waals surface area contributed by atoms with Crippen LogP contribution in [0.15, 0.2) is 24.3 Å². The summed E-state index contributed by atoms with van der Waals surface area (Å²) >= 11 is 0. The van der Waals surface area contributed by atoms with Crippen molar-refractivity contribution < 1.29 is 27.5 Å². The molecule has 0 aliphatic carbocycles. The van der Waals surface area contributed by atoms with E-state index in [4.69, 9.17) is 4.74 Å². The van der Waals surface area contributed by atoms with Crippen molar-refractivity contribution in [2.24, 2.45) is 0 Å². The third kappa shape index (κ3) is 3.93. The minimum atomic E-state index is -3.49. The van der Waals surface area contributed by atoms with E-state index in [1.165, 1.54) is 18.2 Å². The summed E-state index contributed by atoms with van der Waals surface area (Å²) < 4.78 is 38.6.